The highest BCUT2D eigenvalue weighted by atomic mass is 16.5. The van der Waals surface area contributed by atoms with E-state index >= 15 is 0 Å². The van der Waals surface area contributed by atoms with Crippen LogP contribution in [-0.2, 0) is 9.53 Å². The van der Waals surface area contributed by atoms with Gasteiger partial charge in [0.15, 0.2) is 23.4 Å². The number of Topliss-reactive ketones (excluding diaryl/α,β-unsaturated/α-hetero) is 1. The number of methoxy groups -OCH3 is 1. The Labute approximate surface area is 124 Å². The van der Waals surface area contributed by atoms with Crippen LogP contribution in [0.25, 0.3) is 0 Å². The van der Waals surface area contributed by atoms with Gasteiger partial charge in [-0.1, -0.05) is 0 Å². The zero-order chi connectivity index (χ0) is 15.2. The number of hydrogen-bond donors (Lipinski definition) is 0. The molecule has 5 nitrogen and oxygen atoms in total. The monoisotopic (exact) mass is 292 g/mol. The van der Waals surface area contributed by atoms with Crippen molar-refractivity contribution >= 4 is 11.8 Å². The maximum absolute atomic E-state index is 11.8. The predicted molar refractivity (Wildman–Crippen MR) is 76.8 cm³/mol. The van der Waals surface area contributed by atoms with E-state index in [1.54, 1.807) is 25.1 Å². The Balaban J connectivity index is 2.16. The van der Waals surface area contributed by atoms with Gasteiger partial charge in [0, 0.05) is 6.42 Å². The summed E-state index contributed by atoms with van der Waals surface area (Å²) < 4.78 is 15.9. The number of esters is 1. The zero-order valence-corrected chi connectivity index (χ0v) is 12.4. The average molecular weight is 292 g/mol. The first-order valence-corrected chi connectivity index (χ1v) is 7.20. The lowest BCUT2D eigenvalue weighted by Gasteiger charge is -2.23. The van der Waals surface area contributed by atoms with Gasteiger partial charge in [-0.2, -0.15) is 0 Å². The van der Waals surface area contributed by atoms with Crippen LogP contribution >= 0.6 is 0 Å². The lowest BCUT2D eigenvalue weighted by molar-refractivity contribution is -0.127. The molecule has 0 saturated heterocycles. The molecule has 1 aromatic carbocycles. The molecular formula is C16H20O5. The molecular weight excluding hydrogens is 272 g/mol. The highest BCUT2D eigenvalue weighted by molar-refractivity contribution is 5.90. The zero-order valence-electron chi connectivity index (χ0n) is 12.4. The second kappa shape index (κ2) is 7.11. The number of ether oxygens (including phenoxy) is 3. The van der Waals surface area contributed by atoms with Crippen molar-refractivity contribution in [1.82, 2.24) is 0 Å². The maximum Gasteiger partial charge on any atom is 0.338 e. The minimum Gasteiger partial charge on any atom is -0.493 e. The van der Waals surface area contributed by atoms with Crippen molar-refractivity contribution < 1.29 is 23.8 Å². The van der Waals surface area contributed by atoms with Gasteiger partial charge in [0.1, 0.15) is 0 Å². The number of ketones is 1. The van der Waals surface area contributed by atoms with Crippen LogP contribution in [-0.4, -0.2) is 31.6 Å². The Morgan fingerprint density at radius 3 is 2.76 bits per heavy atom. The van der Waals surface area contributed by atoms with Crippen LogP contribution < -0.4 is 9.47 Å². The van der Waals surface area contributed by atoms with Crippen LogP contribution in [0.5, 0.6) is 11.5 Å². The summed E-state index contributed by atoms with van der Waals surface area (Å²) in [4.78, 5) is 23.5. The smallest absolute Gasteiger partial charge is 0.338 e. The van der Waals surface area contributed by atoms with E-state index in [4.69, 9.17) is 14.2 Å². The predicted octanol–water partition coefficient (Wildman–Crippen LogP) is 2.76. The largest absolute Gasteiger partial charge is 0.493 e. The van der Waals surface area contributed by atoms with E-state index in [9.17, 15) is 9.59 Å². The molecule has 1 aromatic rings. The molecule has 1 saturated carbocycles. The van der Waals surface area contributed by atoms with E-state index in [-0.39, 0.29) is 5.78 Å². The number of carbonyl (C=O) groups excluding carboxylic acids is 2. The molecule has 5 heteroatoms. The van der Waals surface area contributed by atoms with Gasteiger partial charge in [-0.05, 0) is 44.4 Å². The number of hydrogen-bond acceptors (Lipinski definition) is 5. The highest BCUT2D eigenvalue weighted by Crippen LogP contribution is 2.31. The lowest BCUT2D eigenvalue weighted by atomic mass is 9.96. The second-order valence-corrected chi connectivity index (χ2v) is 4.90. The van der Waals surface area contributed by atoms with Crippen molar-refractivity contribution in [3.63, 3.8) is 0 Å². The molecule has 0 spiro atoms. The molecule has 0 heterocycles. The topological polar surface area (TPSA) is 61.8 Å². The van der Waals surface area contributed by atoms with Crippen molar-refractivity contribution in [1.29, 1.82) is 0 Å². The lowest BCUT2D eigenvalue weighted by Crippen LogP contribution is -2.30. The third kappa shape index (κ3) is 3.74. The van der Waals surface area contributed by atoms with Crippen LogP contribution in [0.2, 0.25) is 0 Å². The fourth-order valence-corrected chi connectivity index (χ4v) is 2.34. The van der Waals surface area contributed by atoms with Crippen molar-refractivity contribution in [2.75, 3.05) is 13.7 Å². The highest BCUT2D eigenvalue weighted by Gasteiger charge is 2.25. The van der Waals surface area contributed by atoms with Gasteiger partial charge < -0.3 is 14.2 Å². The maximum atomic E-state index is 11.8. The van der Waals surface area contributed by atoms with E-state index in [0.29, 0.717) is 30.1 Å². The van der Waals surface area contributed by atoms with Gasteiger partial charge >= 0.3 is 5.97 Å². The van der Waals surface area contributed by atoms with Crippen molar-refractivity contribution in [3.05, 3.63) is 23.8 Å². The average Bonchev–Trinajstić information content (AvgIpc) is 2.50. The number of benzene rings is 1. The van der Waals surface area contributed by atoms with Gasteiger partial charge in [0.2, 0.25) is 0 Å². The first kappa shape index (κ1) is 15.4. The van der Waals surface area contributed by atoms with Crippen LogP contribution in [0, 0.1) is 0 Å². The third-order valence-electron chi connectivity index (χ3n) is 3.44. The van der Waals surface area contributed by atoms with E-state index in [1.807, 2.05) is 0 Å². The van der Waals surface area contributed by atoms with Gasteiger partial charge in [0.05, 0.1) is 19.3 Å². The molecule has 1 aliphatic carbocycles. The van der Waals surface area contributed by atoms with Crippen molar-refractivity contribution in [2.24, 2.45) is 0 Å². The normalized spacial score (nSPS) is 18.2. The molecule has 0 bridgehead atoms. The van der Waals surface area contributed by atoms with Crippen LogP contribution in [0.15, 0.2) is 18.2 Å². The Kier molecular flexibility index (Phi) is 5.20. The van der Waals surface area contributed by atoms with Crippen LogP contribution in [0.3, 0.4) is 0 Å². The Bertz CT molecular complexity index is 523. The van der Waals surface area contributed by atoms with Gasteiger partial charge in [-0.25, -0.2) is 4.79 Å². The Morgan fingerprint density at radius 1 is 1.29 bits per heavy atom. The molecule has 2 rings (SSSR count). The first-order chi connectivity index (χ1) is 10.2. The molecule has 114 valence electrons. The minimum absolute atomic E-state index is 0.123. The fourth-order valence-electron chi connectivity index (χ4n) is 2.34. The molecule has 0 aromatic heterocycles. The van der Waals surface area contributed by atoms with E-state index in [2.05, 4.69) is 0 Å². The van der Waals surface area contributed by atoms with Crippen LogP contribution in [0.1, 0.15) is 43.0 Å². The minimum atomic E-state index is -0.416. The summed E-state index contributed by atoms with van der Waals surface area (Å²) >= 11 is 0. The summed E-state index contributed by atoms with van der Waals surface area (Å²) in [6.45, 7) is 2.07. The summed E-state index contributed by atoms with van der Waals surface area (Å²) in [5.74, 6) is 0.624. The van der Waals surface area contributed by atoms with Crippen molar-refractivity contribution in [2.45, 2.75) is 38.7 Å². The molecule has 1 fully saturated rings. The summed E-state index contributed by atoms with van der Waals surface area (Å²) in [6.07, 6.45) is 2.79. The third-order valence-corrected chi connectivity index (χ3v) is 3.44. The standard InChI is InChI=1S/C16H20O5/c1-3-20-16(18)11-8-9-14(15(10-11)19-2)21-13-7-5-4-6-12(13)17/h8-10,13H,3-7H2,1-2H3. The summed E-state index contributed by atoms with van der Waals surface area (Å²) in [6, 6.07) is 4.83. The second-order valence-electron chi connectivity index (χ2n) is 4.90. The number of carbonyl (C=O) groups is 2. The van der Waals surface area contributed by atoms with Gasteiger partial charge in [0.25, 0.3) is 0 Å². The number of rotatable bonds is 5. The van der Waals surface area contributed by atoms with E-state index in [0.717, 1.165) is 19.3 Å². The quantitative estimate of drug-likeness (QED) is 0.781. The van der Waals surface area contributed by atoms with Gasteiger partial charge in [-0.15, -0.1) is 0 Å². The van der Waals surface area contributed by atoms with Crippen molar-refractivity contribution in [3.8, 4) is 11.5 Å². The molecule has 1 atom stereocenters. The molecule has 1 aliphatic rings. The summed E-state index contributed by atoms with van der Waals surface area (Å²) in [5.41, 5.74) is 0.399. The fraction of sp³-hybridized carbons (Fsp3) is 0.500. The molecule has 0 aliphatic heterocycles. The van der Waals surface area contributed by atoms with E-state index < -0.39 is 12.1 Å². The summed E-state index contributed by atoms with van der Waals surface area (Å²) in [5, 5.41) is 0. The van der Waals surface area contributed by atoms with Gasteiger partial charge in [-0.3, -0.25) is 4.79 Å². The molecule has 0 N–H and O–H groups in total. The Hall–Kier alpha value is -2.04. The van der Waals surface area contributed by atoms with Crippen LogP contribution in [0.4, 0.5) is 0 Å². The first-order valence-electron chi connectivity index (χ1n) is 7.20. The molecule has 0 radical (unpaired) electrons. The Morgan fingerprint density at radius 2 is 2.10 bits per heavy atom. The SMILES string of the molecule is CCOC(=O)c1ccc(OC2CCCCC2=O)c(OC)c1. The molecule has 21 heavy (non-hydrogen) atoms. The molecule has 0 amide bonds. The summed E-state index contributed by atoms with van der Waals surface area (Å²) in [7, 11) is 1.50. The van der Waals surface area contributed by atoms with E-state index in [1.165, 1.54) is 7.11 Å². The molecule has 1 unspecified atom stereocenters.